The Morgan fingerprint density at radius 1 is 1.14 bits per heavy atom. The summed E-state index contributed by atoms with van der Waals surface area (Å²) < 4.78 is 9.24. The molecule has 1 aliphatic rings. The average Bonchev–Trinajstić information content (AvgIpc) is 3.49. The van der Waals surface area contributed by atoms with E-state index >= 15 is 0 Å². The number of anilines is 1. The van der Waals surface area contributed by atoms with Gasteiger partial charge in [0.15, 0.2) is 5.16 Å². The molecule has 8 nitrogen and oxygen atoms in total. The third kappa shape index (κ3) is 4.87. The smallest absolute Gasteiger partial charge is 0.262 e. The molecule has 1 atom stereocenters. The number of thioether (sulfide) groups is 1. The third-order valence-corrected chi connectivity index (χ3v) is 7.10. The third-order valence-electron chi connectivity index (χ3n) is 6.13. The first-order valence-electron chi connectivity index (χ1n) is 11.7. The topological polar surface area (TPSA) is 91.0 Å². The number of nitrogens with zero attached hydrogens (tertiary/aromatic N) is 4. The Kier molecular flexibility index (Phi) is 6.70. The predicted molar refractivity (Wildman–Crippen MR) is 137 cm³/mol. The molecule has 0 bridgehead atoms. The molecule has 2 aromatic heterocycles. The van der Waals surface area contributed by atoms with Crippen LogP contribution in [0.1, 0.15) is 24.2 Å². The normalized spacial score (nSPS) is 15.5. The number of benzene rings is 2. The monoisotopic (exact) mass is 489 g/mol. The highest BCUT2D eigenvalue weighted by Gasteiger charge is 2.21. The van der Waals surface area contributed by atoms with Gasteiger partial charge in [-0.1, -0.05) is 42.1 Å². The number of amides is 1. The van der Waals surface area contributed by atoms with Crippen molar-refractivity contribution >= 4 is 34.3 Å². The van der Waals surface area contributed by atoms with Gasteiger partial charge in [0, 0.05) is 6.61 Å². The molecule has 1 aliphatic heterocycles. The van der Waals surface area contributed by atoms with Gasteiger partial charge in [0.1, 0.15) is 0 Å². The summed E-state index contributed by atoms with van der Waals surface area (Å²) in [7, 11) is 0. The molecule has 2 aromatic carbocycles. The van der Waals surface area contributed by atoms with Gasteiger partial charge in [0.05, 0.1) is 52.1 Å². The molecule has 0 spiro atoms. The second-order valence-corrected chi connectivity index (χ2v) is 9.53. The fourth-order valence-corrected chi connectivity index (χ4v) is 5.17. The van der Waals surface area contributed by atoms with E-state index in [1.165, 1.54) is 11.8 Å². The molecule has 4 aromatic rings. The van der Waals surface area contributed by atoms with Crippen LogP contribution in [0.5, 0.6) is 0 Å². The van der Waals surface area contributed by atoms with Crippen molar-refractivity contribution < 1.29 is 9.53 Å². The zero-order chi connectivity index (χ0) is 24.4. The first-order valence-corrected chi connectivity index (χ1v) is 12.7. The maximum atomic E-state index is 13.2. The van der Waals surface area contributed by atoms with Crippen molar-refractivity contribution in [3.8, 4) is 5.69 Å². The maximum absolute atomic E-state index is 13.2. The fourth-order valence-electron chi connectivity index (χ4n) is 4.36. The van der Waals surface area contributed by atoms with Crippen molar-refractivity contribution in [1.29, 1.82) is 0 Å². The van der Waals surface area contributed by atoms with Crippen LogP contribution in [0.3, 0.4) is 0 Å². The van der Waals surface area contributed by atoms with E-state index in [9.17, 15) is 9.59 Å². The summed E-state index contributed by atoms with van der Waals surface area (Å²) in [6.07, 6.45) is 1.88. The van der Waals surface area contributed by atoms with Crippen LogP contribution >= 0.6 is 11.8 Å². The molecule has 0 aliphatic carbocycles. The van der Waals surface area contributed by atoms with Crippen molar-refractivity contribution in [2.45, 2.75) is 44.5 Å². The largest absolute Gasteiger partial charge is 0.376 e. The Balaban J connectivity index is 1.36. The molecular formula is C26H27N5O3S. The van der Waals surface area contributed by atoms with E-state index in [-0.39, 0.29) is 23.3 Å². The van der Waals surface area contributed by atoms with Crippen LogP contribution in [0.2, 0.25) is 0 Å². The minimum Gasteiger partial charge on any atom is -0.376 e. The molecule has 5 rings (SSSR count). The van der Waals surface area contributed by atoms with Crippen molar-refractivity contribution in [2.24, 2.45) is 0 Å². The van der Waals surface area contributed by atoms with E-state index < -0.39 is 0 Å². The highest BCUT2D eigenvalue weighted by molar-refractivity contribution is 7.99. The molecule has 1 unspecified atom stereocenters. The van der Waals surface area contributed by atoms with Gasteiger partial charge in [-0.15, -0.1) is 0 Å². The van der Waals surface area contributed by atoms with Gasteiger partial charge in [0.25, 0.3) is 5.56 Å². The molecule has 180 valence electrons. The lowest BCUT2D eigenvalue weighted by Gasteiger charge is -2.16. The van der Waals surface area contributed by atoms with Crippen LogP contribution in [0.4, 0.5) is 5.69 Å². The number of nitrogens with one attached hydrogen (secondary N) is 1. The lowest BCUT2D eigenvalue weighted by molar-refractivity contribution is -0.113. The summed E-state index contributed by atoms with van der Waals surface area (Å²) in [4.78, 5) is 30.9. The molecule has 1 saturated heterocycles. The van der Waals surface area contributed by atoms with Crippen LogP contribution in [0.25, 0.3) is 16.6 Å². The lowest BCUT2D eigenvalue weighted by Crippen LogP contribution is -2.29. The number of ether oxygens (including phenoxy) is 1. The van der Waals surface area contributed by atoms with Crippen LogP contribution in [-0.2, 0) is 16.1 Å². The summed E-state index contributed by atoms with van der Waals surface area (Å²) in [5.41, 5.74) is 3.74. The predicted octanol–water partition coefficient (Wildman–Crippen LogP) is 4.11. The number of para-hydroxylation sites is 2. The summed E-state index contributed by atoms with van der Waals surface area (Å²) in [5, 5.41) is 8.68. The van der Waals surface area contributed by atoms with Gasteiger partial charge >= 0.3 is 0 Å². The summed E-state index contributed by atoms with van der Waals surface area (Å²) in [5.74, 6) is -0.0639. The number of fused-ring (bicyclic) bond motifs is 1. The minimum atomic E-state index is -0.181. The maximum Gasteiger partial charge on any atom is 0.262 e. The second-order valence-electron chi connectivity index (χ2n) is 8.59. The van der Waals surface area contributed by atoms with Gasteiger partial charge in [0.2, 0.25) is 5.91 Å². The first-order chi connectivity index (χ1) is 17.0. The van der Waals surface area contributed by atoms with Crippen molar-refractivity contribution in [3.05, 3.63) is 76.3 Å². The first kappa shape index (κ1) is 23.3. The fraction of sp³-hybridized carbons (Fsp3) is 0.308. The van der Waals surface area contributed by atoms with Crippen molar-refractivity contribution in [3.63, 3.8) is 0 Å². The van der Waals surface area contributed by atoms with Crippen LogP contribution < -0.4 is 10.9 Å². The molecule has 1 fully saturated rings. The summed E-state index contributed by atoms with van der Waals surface area (Å²) in [6, 6.07) is 17.1. The number of aromatic nitrogens is 4. The van der Waals surface area contributed by atoms with E-state index in [4.69, 9.17) is 9.72 Å². The molecule has 1 amide bonds. The van der Waals surface area contributed by atoms with E-state index in [1.54, 1.807) is 10.6 Å². The summed E-state index contributed by atoms with van der Waals surface area (Å²) >= 11 is 1.26. The number of hydrogen-bond donors (Lipinski definition) is 1. The van der Waals surface area contributed by atoms with E-state index in [0.29, 0.717) is 34.9 Å². The molecule has 1 N–H and O–H groups in total. The number of aryl methyl sites for hydroxylation is 1. The van der Waals surface area contributed by atoms with Crippen LogP contribution in [0.15, 0.2) is 64.5 Å². The number of carbonyl (C=O) groups excluding carboxylic acids is 1. The standard InChI is InChI=1S/C26H27N5O3S/c1-17-24(18(2)31(29-17)19-9-4-3-5-10-19)28-23(32)16-35-26-27-22-13-7-6-12-21(22)25(33)30(26)15-20-11-8-14-34-20/h3-7,9-10,12-13,20H,8,11,14-16H2,1-2H3,(H,28,32). The SMILES string of the molecule is Cc1nn(-c2ccccc2)c(C)c1NC(=O)CSc1nc2ccccc2c(=O)n1CC1CCCO1. The van der Waals surface area contributed by atoms with Crippen molar-refractivity contribution in [2.75, 3.05) is 17.7 Å². The Labute approximate surface area is 207 Å². The minimum absolute atomic E-state index is 0.0158. The zero-order valence-electron chi connectivity index (χ0n) is 19.7. The van der Waals surface area contributed by atoms with Gasteiger partial charge in [-0.3, -0.25) is 14.2 Å². The Morgan fingerprint density at radius 2 is 1.91 bits per heavy atom. The molecule has 9 heteroatoms. The van der Waals surface area contributed by atoms with Gasteiger partial charge < -0.3 is 10.1 Å². The van der Waals surface area contributed by atoms with Gasteiger partial charge in [-0.25, -0.2) is 9.67 Å². The molecular weight excluding hydrogens is 462 g/mol. The van der Waals surface area contributed by atoms with Crippen LogP contribution in [-0.4, -0.2) is 43.7 Å². The number of rotatable bonds is 7. The van der Waals surface area contributed by atoms with E-state index in [0.717, 1.165) is 29.9 Å². The van der Waals surface area contributed by atoms with E-state index in [2.05, 4.69) is 10.4 Å². The highest BCUT2D eigenvalue weighted by Crippen LogP contribution is 2.25. The second kappa shape index (κ2) is 10.1. The quantitative estimate of drug-likeness (QED) is 0.310. The van der Waals surface area contributed by atoms with Crippen molar-refractivity contribution in [1.82, 2.24) is 19.3 Å². The Hall–Kier alpha value is -3.43. The Morgan fingerprint density at radius 3 is 2.69 bits per heavy atom. The van der Waals surface area contributed by atoms with Gasteiger partial charge in [-0.05, 0) is 51.0 Å². The molecule has 35 heavy (non-hydrogen) atoms. The lowest BCUT2D eigenvalue weighted by atomic mass is 10.2. The highest BCUT2D eigenvalue weighted by atomic mass is 32.2. The molecule has 0 saturated carbocycles. The molecule has 0 radical (unpaired) electrons. The molecule has 3 heterocycles. The summed E-state index contributed by atoms with van der Waals surface area (Å²) in [6.45, 7) is 4.95. The van der Waals surface area contributed by atoms with Crippen LogP contribution in [0, 0.1) is 13.8 Å². The van der Waals surface area contributed by atoms with Gasteiger partial charge in [-0.2, -0.15) is 5.10 Å². The zero-order valence-corrected chi connectivity index (χ0v) is 20.5. The van der Waals surface area contributed by atoms with E-state index in [1.807, 2.05) is 67.1 Å². The number of carbonyl (C=O) groups is 1. The average molecular weight is 490 g/mol. The number of hydrogen-bond acceptors (Lipinski definition) is 6. The Bertz CT molecular complexity index is 1420.